The second-order valence-corrected chi connectivity index (χ2v) is 38.2. The van der Waals surface area contributed by atoms with Crippen LogP contribution in [0.4, 0.5) is 0 Å². The van der Waals surface area contributed by atoms with Gasteiger partial charge in [0.05, 0.1) is 0 Å². The van der Waals surface area contributed by atoms with Crippen LogP contribution in [0.25, 0.3) is 0 Å². The molecule has 0 amide bonds. The first-order chi connectivity index (χ1) is 21.3. The van der Waals surface area contributed by atoms with Gasteiger partial charge in [0.25, 0.3) is 0 Å². The van der Waals surface area contributed by atoms with E-state index in [1.165, 1.54) is 0 Å². The van der Waals surface area contributed by atoms with Gasteiger partial charge in [-0.05, 0) is 109 Å². The van der Waals surface area contributed by atoms with Crippen LogP contribution in [-0.4, -0.2) is 33.3 Å². The van der Waals surface area contributed by atoms with E-state index in [0.29, 0.717) is 0 Å². The van der Waals surface area contributed by atoms with E-state index in [1.54, 1.807) is 0 Å². The SMILES string of the molecule is CC(C)(C)[Si](C)(C)Oc1cc(C#CC#Cc2cc(O[Si](C)(C)C(C)(C)C)cc(O[Si](C)(C)C(C)(C)C)c2)cc(O[Si](C)(C)C(C)(C)C)c1. The van der Waals surface area contributed by atoms with Crippen LogP contribution in [0.5, 0.6) is 23.0 Å². The van der Waals surface area contributed by atoms with E-state index in [-0.39, 0.29) is 20.2 Å². The molecule has 0 aliphatic heterocycles. The molecule has 266 valence electrons. The van der Waals surface area contributed by atoms with Crippen LogP contribution < -0.4 is 17.7 Å². The maximum Gasteiger partial charge on any atom is 0.250 e. The zero-order valence-electron chi connectivity index (χ0n) is 34.1. The molecule has 2 aromatic rings. The molecule has 0 radical (unpaired) electrons. The quantitative estimate of drug-likeness (QED) is 0.201. The van der Waals surface area contributed by atoms with Crippen molar-refractivity contribution >= 4 is 33.3 Å². The van der Waals surface area contributed by atoms with Crippen LogP contribution in [0.15, 0.2) is 36.4 Å². The molecule has 4 nitrogen and oxygen atoms in total. The normalized spacial score (nSPS) is 13.5. The lowest BCUT2D eigenvalue weighted by atomic mass is 10.2. The molecule has 0 N–H and O–H groups in total. The smallest absolute Gasteiger partial charge is 0.250 e. The average Bonchev–Trinajstić information content (AvgIpc) is 2.82. The molecule has 0 heterocycles. The number of rotatable bonds is 8. The first kappa shape index (κ1) is 41.8. The summed E-state index contributed by atoms with van der Waals surface area (Å²) in [5, 5.41) is 0.264. The fraction of sp³-hybridized carbons (Fsp3) is 0.600. The Kier molecular flexibility index (Phi) is 12.3. The molecule has 2 aromatic carbocycles. The van der Waals surface area contributed by atoms with Crippen molar-refractivity contribution in [3.8, 4) is 46.7 Å². The van der Waals surface area contributed by atoms with Gasteiger partial charge in [-0.3, -0.25) is 0 Å². The van der Waals surface area contributed by atoms with Crippen LogP contribution in [0, 0.1) is 23.7 Å². The van der Waals surface area contributed by atoms with Crippen molar-refractivity contribution in [2.24, 2.45) is 0 Å². The standard InChI is InChI=1S/C40H66O4Si4/c1-37(2,3)45(13,14)41-33-25-31(26-34(29-33)42-46(15,16)38(4,5)6)23-21-22-24-32-27-35(43-47(17,18)39(7,8)9)30-36(28-32)44-48(19,20)40(10,11)12/h25-30H,1-20H3. The molecule has 0 saturated carbocycles. The van der Waals surface area contributed by atoms with Crippen LogP contribution in [0.1, 0.15) is 94.2 Å². The molecule has 0 aliphatic carbocycles. The van der Waals surface area contributed by atoms with E-state index in [1.807, 2.05) is 36.4 Å². The molecule has 0 saturated heterocycles. The fourth-order valence-corrected chi connectivity index (χ4v) is 7.57. The largest absolute Gasteiger partial charge is 0.543 e. The van der Waals surface area contributed by atoms with Gasteiger partial charge in [-0.15, -0.1) is 0 Å². The van der Waals surface area contributed by atoms with E-state index in [4.69, 9.17) is 17.7 Å². The van der Waals surface area contributed by atoms with Gasteiger partial charge in [-0.1, -0.05) is 94.9 Å². The fourth-order valence-electron chi connectivity index (χ4n) is 3.52. The molecule has 0 aliphatic rings. The van der Waals surface area contributed by atoms with Gasteiger partial charge in [0.15, 0.2) is 0 Å². The summed E-state index contributed by atoms with van der Waals surface area (Å²) in [5.74, 6) is 16.0. The Labute approximate surface area is 299 Å². The summed E-state index contributed by atoms with van der Waals surface area (Å²) in [6, 6.07) is 12.2. The lowest BCUT2D eigenvalue weighted by Gasteiger charge is -2.38. The second-order valence-electron chi connectivity index (χ2n) is 19.3. The van der Waals surface area contributed by atoms with Crippen molar-refractivity contribution < 1.29 is 17.7 Å². The lowest BCUT2D eigenvalue weighted by Crippen LogP contribution is -2.44. The van der Waals surface area contributed by atoms with Gasteiger partial charge < -0.3 is 17.7 Å². The van der Waals surface area contributed by atoms with Crippen LogP contribution in [-0.2, 0) is 0 Å². The monoisotopic (exact) mass is 722 g/mol. The third-order valence-corrected chi connectivity index (χ3v) is 28.4. The van der Waals surface area contributed by atoms with E-state index in [9.17, 15) is 0 Å². The minimum absolute atomic E-state index is 0.0661. The van der Waals surface area contributed by atoms with Gasteiger partial charge in [0, 0.05) is 23.3 Å². The highest BCUT2D eigenvalue weighted by atomic mass is 28.4. The van der Waals surface area contributed by atoms with Gasteiger partial charge >= 0.3 is 0 Å². The maximum absolute atomic E-state index is 6.73. The molecular weight excluding hydrogens is 657 g/mol. The predicted octanol–water partition coefficient (Wildman–Crippen LogP) is 12.6. The Hall–Kier alpha value is -2.37. The Bertz CT molecular complexity index is 1360. The summed E-state index contributed by atoms with van der Waals surface area (Å²) in [7, 11) is -8.31. The van der Waals surface area contributed by atoms with E-state index >= 15 is 0 Å². The van der Waals surface area contributed by atoms with Crippen molar-refractivity contribution in [2.45, 2.75) is 156 Å². The zero-order chi connectivity index (χ0) is 37.4. The molecule has 0 spiro atoms. The first-order valence-corrected chi connectivity index (χ1v) is 29.0. The van der Waals surface area contributed by atoms with Gasteiger partial charge in [-0.25, -0.2) is 0 Å². The minimum atomic E-state index is -2.08. The third-order valence-electron chi connectivity index (χ3n) is 11.0. The molecular formula is C40H66O4Si4. The average molecular weight is 723 g/mol. The van der Waals surface area contributed by atoms with E-state index in [0.717, 1.165) is 34.1 Å². The molecule has 8 heteroatoms. The van der Waals surface area contributed by atoms with Gasteiger partial charge in [-0.2, -0.15) is 0 Å². The minimum Gasteiger partial charge on any atom is -0.543 e. The summed E-state index contributed by atoms with van der Waals surface area (Å²) in [6.07, 6.45) is 0. The Morgan fingerprint density at radius 1 is 0.354 bits per heavy atom. The number of hydrogen-bond donors (Lipinski definition) is 0. The molecule has 0 bridgehead atoms. The summed E-state index contributed by atoms with van der Waals surface area (Å²) in [4.78, 5) is 0. The highest BCUT2D eigenvalue weighted by molar-refractivity contribution is 6.76. The predicted molar refractivity (Wildman–Crippen MR) is 218 cm³/mol. The van der Waals surface area contributed by atoms with Crippen LogP contribution >= 0.6 is 0 Å². The molecule has 48 heavy (non-hydrogen) atoms. The number of benzene rings is 2. The van der Waals surface area contributed by atoms with Gasteiger partial charge in [0.1, 0.15) is 23.0 Å². The van der Waals surface area contributed by atoms with E-state index < -0.39 is 33.3 Å². The first-order valence-electron chi connectivity index (χ1n) is 17.3. The molecule has 2 rings (SSSR count). The Morgan fingerprint density at radius 2 is 0.542 bits per heavy atom. The lowest BCUT2D eigenvalue weighted by molar-refractivity contribution is 0.474. The summed E-state index contributed by atoms with van der Waals surface area (Å²) in [6.45, 7) is 45.1. The Morgan fingerprint density at radius 3 is 0.708 bits per heavy atom. The van der Waals surface area contributed by atoms with E-state index in [2.05, 4.69) is 159 Å². The number of hydrogen-bond acceptors (Lipinski definition) is 4. The third kappa shape index (κ3) is 11.1. The molecule has 0 aromatic heterocycles. The molecule has 0 unspecified atom stereocenters. The zero-order valence-corrected chi connectivity index (χ0v) is 38.1. The summed E-state index contributed by atoms with van der Waals surface area (Å²) < 4.78 is 26.9. The maximum atomic E-state index is 6.73. The second kappa shape index (κ2) is 14.1. The van der Waals surface area contributed by atoms with Crippen molar-refractivity contribution in [2.75, 3.05) is 0 Å². The summed E-state index contributed by atoms with van der Waals surface area (Å²) in [5.41, 5.74) is 1.65. The van der Waals surface area contributed by atoms with Crippen LogP contribution in [0.3, 0.4) is 0 Å². The molecule has 0 atom stereocenters. The highest BCUT2D eigenvalue weighted by Crippen LogP contribution is 2.42. The van der Waals surface area contributed by atoms with Gasteiger partial charge in [0.2, 0.25) is 33.3 Å². The van der Waals surface area contributed by atoms with Crippen LogP contribution in [0.2, 0.25) is 72.5 Å². The molecule has 0 fully saturated rings. The summed E-state index contributed by atoms with van der Waals surface area (Å²) >= 11 is 0. The highest BCUT2D eigenvalue weighted by Gasteiger charge is 2.42. The van der Waals surface area contributed by atoms with Crippen molar-refractivity contribution in [1.82, 2.24) is 0 Å². The Balaban J connectivity index is 2.61. The van der Waals surface area contributed by atoms with Crippen molar-refractivity contribution in [3.05, 3.63) is 47.5 Å². The van der Waals surface area contributed by atoms with Crippen molar-refractivity contribution in [1.29, 1.82) is 0 Å². The topological polar surface area (TPSA) is 36.9 Å². The van der Waals surface area contributed by atoms with Crippen molar-refractivity contribution in [3.63, 3.8) is 0 Å².